The number of rotatable bonds is 12. The summed E-state index contributed by atoms with van der Waals surface area (Å²) in [5.74, 6) is -2.24. The van der Waals surface area contributed by atoms with E-state index in [9.17, 15) is 24.3 Å². The Morgan fingerprint density at radius 3 is 2.82 bits per heavy atom. The molecule has 0 aliphatic carbocycles. The van der Waals surface area contributed by atoms with E-state index in [1.807, 2.05) is 0 Å². The first-order chi connectivity index (χ1) is 18.7. The first-order valence-corrected chi connectivity index (χ1v) is 14.1. The molecule has 0 bridgehead atoms. The Morgan fingerprint density at radius 2 is 2.15 bits per heavy atom. The number of nitrogens with one attached hydrogen (secondary N) is 2. The van der Waals surface area contributed by atoms with Crippen LogP contribution >= 0.6 is 35.1 Å². The highest BCUT2D eigenvalue weighted by Crippen LogP contribution is 2.41. The molecule has 0 aromatic carbocycles. The summed E-state index contributed by atoms with van der Waals surface area (Å²) in [5.41, 5.74) is 5.70. The molecule has 4 rings (SSSR count). The van der Waals surface area contributed by atoms with E-state index in [1.165, 1.54) is 42.5 Å². The molecule has 0 saturated carbocycles. The first-order valence-electron chi connectivity index (χ1n) is 11.3. The van der Waals surface area contributed by atoms with Gasteiger partial charge in [0.1, 0.15) is 24.2 Å². The van der Waals surface area contributed by atoms with E-state index in [1.54, 1.807) is 4.68 Å². The molecule has 1 saturated heterocycles. The minimum Gasteiger partial charge on any atom is -0.477 e. The summed E-state index contributed by atoms with van der Waals surface area (Å²) in [6.07, 6.45) is 0.608. The van der Waals surface area contributed by atoms with Gasteiger partial charge in [-0.15, -0.1) is 16.9 Å². The summed E-state index contributed by atoms with van der Waals surface area (Å²) in [4.78, 5) is 58.8. The fourth-order valence-electron chi connectivity index (χ4n) is 3.70. The number of nitrogen functional groups attached to an aromatic ring is 1. The number of carboxylic acids is 1. The molecule has 1 unspecified atom stereocenters. The molecule has 20 heteroatoms. The first kappa shape index (κ1) is 28.2. The molecular weight excluding hydrogens is 574 g/mol. The number of aliphatic carboxylic acids is 1. The number of thioether (sulfide) groups is 2. The van der Waals surface area contributed by atoms with Gasteiger partial charge in [0, 0.05) is 43.1 Å². The van der Waals surface area contributed by atoms with E-state index in [0.29, 0.717) is 36.0 Å². The van der Waals surface area contributed by atoms with Crippen molar-refractivity contribution in [3.8, 4) is 0 Å². The van der Waals surface area contributed by atoms with Crippen LogP contribution in [0.1, 0.15) is 19.2 Å². The number of carbonyl (C=O) groups is 4. The molecule has 39 heavy (non-hydrogen) atoms. The lowest BCUT2D eigenvalue weighted by Gasteiger charge is -2.49. The SMILES string of the molecule is CO/N=C(/C(=O)NC1C(=O)N2C(C(=O)O)=C(CSc3nnnn3CCCNC(C)=O)CS[C@H]12)c1nsc(N)n1. The predicted octanol–water partition coefficient (Wildman–Crippen LogP) is -1.49. The third kappa shape index (κ3) is 6.28. The van der Waals surface area contributed by atoms with Gasteiger partial charge < -0.3 is 26.3 Å². The molecule has 2 aliphatic rings. The third-order valence-electron chi connectivity index (χ3n) is 5.38. The Bertz CT molecular complexity index is 1340. The molecule has 2 aromatic heterocycles. The van der Waals surface area contributed by atoms with E-state index >= 15 is 0 Å². The second-order valence-electron chi connectivity index (χ2n) is 8.01. The smallest absolute Gasteiger partial charge is 0.352 e. The summed E-state index contributed by atoms with van der Waals surface area (Å²) >= 11 is 3.42. The zero-order valence-electron chi connectivity index (χ0n) is 20.6. The van der Waals surface area contributed by atoms with E-state index in [4.69, 9.17) is 10.6 Å². The zero-order valence-corrected chi connectivity index (χ0v) is 23.0. The molecule has 2 aliphatic heterocycles. The van der Waals surface area contributed by atoms with Crippen molar-refractivity contribution < 1.29 is 29.1 Å². The number of nitrogens with zero attached hydrogens (tertiary/aromatic N) is 8. The van der Waals surface area contributed by atoms with Crippen LogP contribution in [0.2, 0.25) is 0 Å². The van der Waals surface area contributed by atoms with E-state index in [-0.39, 0.29) is 34.0 Å². The molecule has 0 spiro atoms. The second-order valence-corrected chi connectivity index (χ2v) is 10.8. The van der Waals surface area contributed by atoms with E-state index in [2.05, 4.69) is 40.7 Å². The number of carboxylic acid groups (broad SMARTS) is 1. The average Bonchev–Trinajstić information content (AvgIpc) is 3.54. The lowest BCUT2D eigenvalue weighted by molar-refractivity contribution is -0.150. The van der Waals surface area contributed by atoms with Crippen LogP contribution in [0.15, 0.2) is 21.6 Å². The number of amides is 3. The van der Waals surface area contributed by atoms with Crippen LogP contribution in [0.3, 0.4) is 0 Å². The summed E-state index contributed by atoms with van der Waals surface area (Å²) in [7, 11) is 1.24. The Hall–Kier alpha value is -3.78. The Morgan fingerprint density at radius 1 is 1.36 bits per heavy atom. The number of nitrogens with two attached hydrogens (primary N) is 1. The molecule has 3 amide bonds. The fourth-order valence-corrected chi connectivity index (χ4v) is 6.52. The van der Waals surface area contributed by atoms with Crippen LogP contribution in [-0.4, -0.2) is 106 Å². The van der Waals surface area contributed by atoms with Crippen LogP contribution in [0.25, 0.3) is 0 Å². The number of carbonyl (C=O) groups excluding carboxylic acids is 3. The summed E-state index contributed by atoms with van der Waals surface area (Å²) in [5, 5.41) is 30.4. The monoisotopic (exact) mass is 597 g/mol. The number of hydrogen-bond donors (Lipinski definition) is 4. The average molecular weight is 598 g/mol. The van der Waals surface area contributed by atoms with Crippen molar-refractivity contribution in [3.63, 3.8) is 0 Å². The normalized spacial score (nSPS) is 18.9. The largest absolute Gasteiger partial charge is 0.477 e. The summed E-state index contributed by atoms with van der Waals surface area (Å²) in [6, 6.07) is -0.986. The van der Waals surface area contributed by atoms with Crippen LogP contribution in [0.5, 0.6) is 0 Å². The van der Waals surface area contributed by atoms with Gasteiger partial charge in [0.2, 0.25) is 22.6 Å². The number of aromatic nitrogens is 6. The number of aryl methyl sites for hydroxylation is 1. The van der Waals surface area contributed by atoms with Crippen molar-refractivity contribution in [1.82, 2.24) is 45.1 Å². The van der Waals surface area contributed by atoms with Gasteiger partial charge in [-0.25, -0.2) is 9.48 Å². The number of anilines is 1. The molecule has 4 heterocycles. The predicted molar refractivity (Wildman–Crippen MR) is 139 cm³/mol. The van der Waals surface area contributed by atoms with Gasteiger partial charge in [0.15, 0.2) is 5.13 Å². The van der Waals surface area contributed by atoms with Crippen LogP contribution < -0.4 is 16.4 Å². The molecule has 17 nitrogen and oxygen atoms in total. The van der Waals surface area contributed by atoms with Crippen LogP contribution in [0.4, 0.5) is 5.13 Å². The lowest BCUT2D eigenvalue weighted by atomic mass is 10.0. The van der Waals surface area contributed by atoms with Gasteiger partial charge in [0.05, 0.1) is 0 Å². The van der Waals surface area contributed by atoms with Crippen molar-refractivity contribution >= 4 is 69.6 Å². The fraction of sp³-hybridized carbons (Fsp3) is 0.474. The quantitative estimate of drug-likeness (QED) is 0.0718. The number of hydrogen-bond acceptors (Lipinski definition) is 15. The van der Waals surface area contributed by atoms with Crippen molar-refractivity contribution in [2.75, 3.05) is 30.9 Å². The second kappa shape index (κ2) is 12.4. The van der Waals surface area contributed by atoms with Crippen molar-refractivity contribution in [3.05, 3.63) is 17.1 Å². The van der Waals surface area contributed by atoms with Crippen molar-refractivity contribution in [2.45, 2.75) is 36.5 Å². The maximum absolute atomic E-state index is 13.0. The number of β-lactam (4-membered cyclic amide) rings is 1. The number of tetrazole rings is 1. The molecular formula is C19H23N11O6S3. The van der Waals surface area contributed by atoms with E-state index in [0.717, 1.165) is 11.5 Å². The van der Waals surface area contributed by atoms with Gasteiger partial charge >= 0.3 is 5.97 Å². The van der Waals surface area contributed by atoms with Gasteiger partial charge in [-0.2, -0.15) is 9.36 Å². The highest BCUT2D eigenvalue weighted by atomic mass is 32.2. The Labute approximate surface area is 233 Å². The summed E-state index contributed by atoms with van der Waals surface area (Å²) < 4.78 is 5.51. The molecule has 2 aromatic rings. The minimum absolute atomic E-state index is 0.0559. The maximum Gasteiger partial charge on any atom is 0.352 e. The third-order valence-corrected chi connectivity index (χ3v) is 8.31. The number of fused-ring (bicyclic) bond motifs is 1. The van der Waals surface area contributed by atoms with Gasteiger partial charge in [-0.05, 0) is 22.4 Å². The molecule has 208 valence electrons. The molecule has 0 radical (unpaired) electrons. The van der Waals surface area contributed by atoms with Gasteiger partial charge in [-0.1, -0.05) is 16.9 Å². The van der Waals surface area contributed by atoms with Crippen LogP contribution in [-0.2, 0) is 30.6 Å². The van der Waals surface area contributed by atoms with E-state index < -0.39 is 29.2 Å². The van der Waals surface area contributed by atoms with Crippen molar-refractivity contribution in [1.29, 1.82) is 0 Å². The standard InChI is InChI=1S/C19H23N11O6S3/c1-8(31)21-4-3-5-29-19(24-27-28-29)38-7-9-6-37-16-11(15(33)30(16)12(9)17(34)35)22-14(32)10(25-36-2)13-23-18(20)39-26-13/h11,16H,3-7H2,1-2H3,(H,21,31)(H,22,32)(H,34,35)(H2,20,23,26)/b25-10+/t11?,16-/m1/s1. The Balaban J connectivity index is 1.42. The van der Waals surface area contributed by atoms with Crippen molar-refractivity contribution in [2.24, 2.45) is 5.16 Å². The number of oxime groups is 1. The topological polar surface area (TPSA) is 233 Å². The zero-order chi connectivity index (χ0) is 28.1. The lowest BCUT2D eigenvalue weighted by Crippen LogP contribution is -2.71. The molecule has 2 atom stereocenters. The minimum atomic E-state index is -1.26. The molecule has 5 N–H and O–H groups in total. The van der Waals surface area contributed by atoms with Crippen LogP contribution in [0, 0.1) is 0 Å². The Kier molecular flexibility index (Phi) is 8.97. The highest BCUT2D eigenvalue weighted by molar-refractivity contribution is 8.01. The summed E-state index contributed by atoms with van der Waals surface area (Å²) in [6.45, 7) is 2.36. The molecule has 1 fully saturated rings. The maximum atomic E-state index is 13.0. The highest BCUT2D eigenvalue weighted by Gasteiger charge is 2.54. The van der Waals surface area contributed by atoms with Gasteiger partial charge in [-0.3, -0.25) is 19.3 Å². The van der Waals surface area contributed by atoms with Gasteiger partial charge in [0.25, 0.3) is 11.8 Å².